The van der Waals surface area contributed by atoms with E-state index >= 15 is 4.39 Å². The number of amides is 1. The molecular formula is C25H31FN2O6. The molecule has 1 amide bonds. The Bertz CT molecular complexity index is 1040. The van der Waals surface area contributed by atoms with Crippen molar-refractivity contribution in [1.82, 2.24) is 9.80 Å². The molecular weight excluding hydrogens is 443 g/mol. The maximum Gasteiger partial charge on any atom is 0.338 e. The van der Waals surface area contributed by atoms with Crippen molar-refractivity contribution in [2.45, 2.75) is 52.0 Å². The number of ether oxygens (including phenoxy) is 3. The van der Waals surface area contributed by atoms with Gasteiger partial charge in [-0.25, -0.2) is 14.0 Å². The summed E-state index contributed by atoms with van der Waals surface area (Å²) in [5, 5.41) is 0. The summed E-state index contributed by atoms with van der Waals surface area (Å²) in [5.74, 6) is -0.989. The van der Waals surface area contributed by atoms with Crippen LogP contribution in [-0.4, -0.2) is 73.1 Å². The van der Waals surface area contributed by atoms with Crippen molar-refractivity contribution in [2.24, 2.45) is 0 Å². The van der Waals surface area contributed by atoms with Gasteiger partial charge >= 0.3 is 11.9 Å². The minimum absolute atomic E-state index is 0.0710. The summed E-state index contributed by atoms with van der Waals surface area (Å²) in [7, 11) is 1.64. The van der Waals surface area contributed by atoms with Gasteiger partial charge in [-0.3, -0.25) is 9.69 Å². The van der Waals surface area contributed by atoms with Crippen LogP contribution in [0.4, 0.5) is 4.39 Å². The zero-order valence-corrected chi connectivity index (χ0v) is 20.1. The second-order valence-electron chi connectivity index (χ2n) is 9.09. The fraction of sp³-hybridized carbons (Fsp3) is 0.560. The van der Waals surface area contributed by atoms with Crippen molar-refractivity contribution in [3.8, 4) is 0 Å². The molecule has 3 heterocycles. The van der Waals surface area contributed by atoms with E-state index in [0.717, 1.165) is 11.1 Å². The number of nitrogens with zero attached hydrogens (tertiary/aromatic N) is 2. The van der Waals surface area contributed by atoms with Gasteiger partial charge in [-0.1, -0.05) is 6.07 Å². The maximum absolute atomic E-state index is 15.3. The van der Waals surface area contributed by atoms with Gasteiger partial charge in [-0.05, 0) is 50.8 Å². The molecule has 0 aliphatic carbocycles. The molecule has 0 aromatic heterocycles. The van der Waals surface area contributed by atoms with E-state index in [1.807, 2.05) is 18.7 Å². The fourth-order valence-electron chi connectivity index (χ4n) is 5.07. The van der Waals surface area contributed by atoms with Crippen molar-refractivity contribution >= 4 is 17.8 Å². The molecule has 0 N–H and O–H groups in total. The van der Waals surface area contributed by atoms with E-state index < -0.39 is 17.7 Å². The van der Waals surface area contributed by atoms with Crippen LogP contribution in [0.2, 0.25) is 0 Å². The van der Waals surface area contributed by atoms with E-state index in [1.54, 1.807) is 26.1 Å². The van der Waals surface area contributed by atoms with Gasteiger partial charge in [0.1, 0.15) is 25.0 Å². The molecule has 3 aliphatic heterocycles. The highest BCUT2D eigenvalue weighted by Crippen LogP contribution is 2.34. The van der Waals surface area contributed by atoms with Crippen LogP contribution in [0.15, 0.2) is 23.4 Å². The Balaban J connectivity index is 1.43. The van der Waals surface area contributed by atoms with E-state index in [0.29, 0.717) is 54.9 Å². The van der Waals surface area contributed by atoms with Crippen LogP contribution in [0, 0.1) is 6.92 Å². The Morgan fingerprint density at radius 3 is 2.47 bits per heavy atom. The van der Waals surface area contributed by atoms with E-state index in [1.165, 1.54) is 4.90 Å². The molecule has 1 aromatic carbocycles. The van der Waals surface area contributed by atoms with E-state index in [-0.39, 0.29) is 31.6 Å². The highest BCUT2D eigenvalue weighted by atomic mass is 19.1. The standard InChI is InChI=1S/C25H31FN2O6/c1-5-34-25(24(31)27(4)21-14-33-22(29)16(21)3)8-10-28(11-9-25)12-20(26)17-6-7-18-19(15(17)2)13-32-23(18)30/h6-7,20H,5,8-14H2,1-4H3/t20-/m1/s1. The Morgan fingerprint density at radius 2 is 1.85 bits per heavy atom. The number of hydrogen-bond donors (Lipinski definition) is 0. The van der Waals surface area contributed by atoms with Crippen molar-refractivity contribution in [3.63, 3.8) is 0 Å². The number of halogens is 1. The molecule has 34 heavy (non-hydrogen) atoms. The number of cyclic esters (lactones) is 2. The minimum Gasteiger partial charge on any atom is -0.457 e. The molecule has 1 aromatic rings. The van der Waals surface area contributed by atoms with Gasteiger partial charge in [0.15, 0.2) is 0 Å². The van der Waals surface area contributed by atoms with Crippen LogP contribution in [0.25, 0.3) is 0 Å². The molecule has 4 rings (SSSR count). The van der Waals surface area contributed by atoms with Gasteiger partial charge in [-0.15, -0.1) is 0 Å². The monoisotopic (exact) mass is 474 g/mol. The summed E-state index contributed by atoms with van der Waals surface area (Å²) < 4.78 is 31.4. The van der Waals surface area contributed by atoms with Gasteiger partial charge in [0.25, 0.3) is 5.91 Å². The number of rotatable bonds is 7. The average Bonchev–Trinajstić information content (AvgIpc) is 3.37. The number of likely N-dealkylation sites (tertiary alicyclic amines) is 1. The third-order valence-corrected chi connectivity index (χ3v) is 7.23. The smallest absolute Gasteiger partial charge is 0.338 e. The summed E-state index contributed by atoms with van der Waals surface area (Å²) in [5.41, 5.74) is 2.54. The van der Waals surface area contributed by atoms with Crippen LogP contribution >= 0.6 is 0 Å². The second kappa shape index (κ2) is 9.46. The lowest BCUT2D eigenvalue weighted by molar-refractivity contribution is -0.162. The van der Waals surface area contributed by atoms with Crippen LogP contribution in [-0.2, 0) is 30.4 Å². The Hall–Kier alpha value is -2.78. The zero-order chi connectivity index (χ0) is 24.6. The summed E-state index contributed by atoms with van der Waals surface area (Å²) in [6.07, 6.45) is -0.388. The number of likely N-dealkylation sites (N-methyl/N-ethyl adjacent to an activating group) is 1. The van der Waals surface area contributed by atoms with E-state index in [9.17, 15) is 14.4 Å². The average molecular weight is 475 g/mol. The number of carbonyl (C=O) groups excluding carboxylic acids is 3. The Morgan fingerprint density at radius 1 is 1.18 bits per heavy atom. The third-order valence-electron chi connectivity index (χ3n) is 7.23. The largest absolute Gasteiger partial charge is 0.457 e. The molecule has 1 atom stereocenters. The highest BCUT2D eigenvalue weighted by molar-refractivity contribution is 5.94. The molecule has 8 nitrogen and oxygen atoms in total. The van der Waals surface area contributed by atoms with Gasteiger partial charge in [0, 0.05) is 38.9 Å². The maximum atomic E-state index is 15.3. The van der Waals surface area contributed by atoms with Crippen LogP contribution in [0.1, 0.15) is 59.9 Å². The van der Waals surface area contributed by atoms with Crippen molar-refractivity contribution in [3.05, 3.63) is 45.7 Å². The first-order valence-electron chi connectivity index (χ1n) is 11.6. The Labute approximate surface area is 198 Å². The first-order chi connectivity index (χ1) is 16.2. The molecule has 184 valence electrons. The number of benzene rings is 1. The predicted molar refractivity (Wildman–Crippen MR) is 121 cm³/mol. The van der Waals surface area contributed by atoms with Crippen molar-refractivity contribution in [1.29, 1.82) is 0 Å². The SMILES string of the molecule is CCOC1(C(=O)N(C)C2=C(C)C(=O)OC2)CCN(C[C@@H](F)c2ccc3c(c2C)COC3=O)CC1. The molecule has 0 radical (unpaired) electrons. The quantitative estimate of drug-likeness (QED) is 0.562. The molecule has 0 bridgehead atoms. The fourth-order valence-corrected chi connectivity index (χ4v) is 5.07. The molecule has 9 heteroatoms. The first kappa shape index (κ1) is 24.3. The molecule has 0 spiro atoms. The minimum atomic E-state index is -1.23. The highest BCUT2D eigenvalue weighted by Gasteiger charge is 2.45. The van der Waals surface area contributed by atoms with Crippen LogP contribution in [0.3, 0.4) is 0 Å². The van der Waals surface area contributed by atoms with Crippen molar-refractivity contribution < 1.29 is 33.0 Å². The van der Waals surface area contributed by atoms with Gasteiger partial charge in [0.05, 0.1) is 16.8 Å². The van der Waals surface area contributed by atoms with E-state index in [2.05, 4.69) is 0 Å². The summed E-state index contributed by atoms with van der Waals surface area (Å²) in [6, 6.07) is 3.30. The lowest BCUT2D eigenvalue weighted by atomic mass is 9.88. The molecule has 1 saturated heterocycles. The van der Waals surface area contributed by atoms with Gasteiger partial charge in [0.2, 0.25) is 0 Å². The number of fused-ring (bicyclic) bond motifs is 1. The van der Waals surface area contributed by atoms with Gasteiger partial charge in [-0.2, -0.15) is 0 Å². The number of alkyl halides is 1. The third kappa shape index (κ3) is 4.22. The summed E-state index contributed by atoms with van der Waals surface area (Å²) >= 11 is 0. The molecule has 1 fully saturated rings. The number of esters is 2. The first-order valence-corrected chi connectivity index (χ1v) is 11.6. The van der Waals surface area contributed by atoms with Crippen molar-refractivity contribution in [2.75, 3.05) is 39.9 Å². The Kier molecular flexibility index (Phi) is 6.78. The summed E-state index contributed by atoms with van der Waals surface area (Å²) in [6.45, 7) is 7.12. The number of piperidine rings is 1. The zero-order valence-electron chi connectivity index (χ0n) is 20.1. The second-order valence-corrected chi connectivity index (χ2v) is 9.09. The normalized spacial score (nSPS) is 20.7. The lowest BCUT2D eigenvalue weighted by Gasteiger charge is -2.42. The predicted octanol–water partition coefficient (Wildman–Crippen LogP) is 2.84. The van der Waals surface area contributed by atoms with Crippen LogP contribution in [0.5, 0.6) is 0 Å². The molecule has 0 unspecified atom stereocenters. The molecule has 0 saturated carbocycles. The topological polar surface area (TPSA) is 85.4 Å². The number of carbonyl (C=O) groups is 3. The van der Waals surface area contributed by atoms with Crippen LogP contribution < -0.4 is 0 Å². The lowest BCUT2D eigenvalue weighted by Crippen LogP contribution is -2.56. The number of hydrogen-bond acceptors (Lipinski definition) is 7. The van der Waals surface area contributed by atoms with E-state index in [4.69, 9.17) is 14.2 Å². The molecule has 3 aliphatic rings. The summed E-state index contributed by atoms with van der Waals surface area (Å²) in [4.78, 5) is 40.4. The van der Waals surface area contributed by atoms with Gasteiger partial charge < -0.3 is 19.1 Å².